The molecule has 2 unspecified atom stereocenters. The first-order chi connectivity index (χ1) is 4.74. The van der Waals surface area contributed by atoms with Gasteiger partial charge in [0.2, 0.25) is 0 Å². The quantitative estimate of drug-likeness (QED) is 0.334. The first kappa shape index (κ1) is 7.90. The smallest absolute Gasteiger partial charge is 0.175 e. The van der Waals surface area contributed by atoms with E-state index in [1.807, 2.05) is 0 Å². The highest BCUT2D eigenvalue weighted by Gasteiger charge is 2.26. The van der Waals surface area contributed by atoms with Crippen molar-refractivity contribution in [3.63, 3.8) is 0 Å². The van der Waals surface area contributed by atoms with Gasteiger partial charge in [0.25, 0.3) is 0 Å². The normalized spacial score (nSPS) is 41.7. The van der Waals surface area contributed by atoms with Gasteiger partial charge in [0.1, 0.15) is 0 Å². The van der Waals surface area contributed by atoms with E-state index < -0.39 is 18.6 Å². The molecule has 5 heteroatoms. The lowest BCUT2D eigenvalue weighted by atomic mass is 10.2. The van der Waals surface area contributed by atoms with Crippen molar-refractivity contribution in [3.8, 4) is 0 Å². The minimum absolute atomic E-state index is 0.201. The predicted octanol–water partition coefficient (Wildman–Crippen LogP) is -2.40. The summed E-state index contributed by atoms with van der Waals surface area (Å²) in [5.41, 5.74) is 0. The van der Waals surface area contributed by atoms with E-state index in [2.05, 4.69) is 10.1 Å². The highest BCUT2D eigenvalue weighted by molar-refractivity contribution is 4.73. The van der Waals surface area contributed by atoms with Gasteiger partial charge < -0.3 is 25.4 Å². The average Bonchev–Trinajstić information content (AvgIpc) is 1.88. The Morgan fingerprint density at radius 1 is 1.50 bits per heavy atom. The summed E-state index contributed by atoms with van der Waals surface area (Å²) in [6.07, 6.45) is -2.09. The van der Waals surface area contributed by atoms with Crippen LogP contribution in [0.4, 0.5) is 0 Å². The second kappa shape index (κ2) is 3.27. The van der Waals surface area contributed by atoms with Crippen LogP contribution in [-0.4, -0.2) is 47.1 Å². The molecular weight excluding hydrogens is 138 g/mol. The zero-order valence-corrected chi connectivity index (χ0v) is 5.40. The summed E-state index contributed by atoms with van der Waals surface area (Å²) in [6, 6.07) is -0.483. The van der Waals surface area contributed by atoms with Crippen LogP contribution in [0.2, 0.25) is 0 Å². The van der Waals surface area contributed by atoms with Gasteiger partial charge in [-0.05, 0) is 0 Å². The minimum atomic E-state index is -1.12. The molecule has 1 saturated heterocycles. The second-order valence-electron chi connectivity index (χ2n) is 2.18. The summed E-state index contributed by atoms with van der Waals surface area (Å²) in [6.45, 7) is 0.0379. The SMILES string of the molecule is OCC1NCC(O)O[C@H]1O. The maximum Gasteiger partial charge on any atom is 0.175 e. The van der Waals surface area contributed by atoms with Crippen LogP contribution in [0.3, 0.4) is 0 Å². The van der Waals surface area contributed by atoms with E-state index in [0.717, 1.165) is 0 Å². The molecule has 1 aliphatic rings. The van der Waals surface area contributed by atoms with Crippen LogP contribution < -0.4 is 5.32 Å². The Morgan fingerprint density at radius 3 is 2.70 bits per heavy atom. The molecule has 0 saturated carbocycles. The van der Waals surface area contributed by atoms with Crippen molar-refractivity contribution >= 4 is 0 Å². The molecular formula is C5H11NO4. The predicted molar refractivity (Wildman–Crippen MR) is 32.0 cm³/mol. The molecule has 1 heterocycles. The third-order valence-electron chi connectivity index (χ3n) is 1.39. The van der Waals surface area contributed by atoms with E-state index in [9.17, 15) is 0 Å². The van der Waals surface area contributed by atoms with Crippen molar-refractivity contribution in [1.82, 2.24) is 5.32 Å². The Hall–Kier alpha value is -0.200. The molecule has 4 N–H and O–H groups in total. The van der Waals surface area contributed by atoms with Gasteiger partial charge in [-0.2, -0.15) is 0 Å². The van der Waals surface area contributed by atoms with Gasteiger partial charge in [-0.3, -0.25) is 0 Å². The first-order valence-electron chi connectivity index (χ1n) is 3.10. The molecule has 3 atom stereocenters. The van der Waals surface area contributed by atoms with Crippen molar-refractivity contribution in [1.29, 1.82) is 0 Å². The molecule has 0 bridgehead atoms. The fourth-order valence-corrected chi connectivity index (χ4v) is 0.812. The minimum Gasteiger partial charge on any atom is -0.395 e. The van der Waals surface area contributed by atoms with E-state index in [-0.39, 0.29) is 13.2 Å². The summed E-state index contributed by atoms with van der Waals surface area (Å²) in [7, 11) is 0. The Kier molecular flexibility index (Phi) is 2.58. The first-order valence-corrected chi connectivity index (χ1v) is 3.10. The molecule has 0 aliphatic carbocycles. The maximum atomic E-state index is 8.93. The Balaban J connectivity index is 2.36. The summed E-state index contributed by atoms with van der Waals surface area (Å²) >= 11 is 0. The Morgan fingerprint density at radius 2 is 2.20 bits per heavy atom. The highest BCUT2D eigenvalue weighted by atomic mass is 16.7. The summed E-state index contributed by atoms with van der Waals surface area (Å²) in [5.74, 6) is 0. The van der Waals surface area contributed by atoms with Gasteiger partial charge in [0.15, 0.2) is 12.6 Å². The lowest BCUT2D eigenvalue weighted by Crippen LogP contribution is -2.54. The number of β-amino-alcohol motifs (C(OH)–C–C–N with tert-alkyl or cyclic N) is 1. The molecule has 1 rings (SSSR count). The van der Waals surface area contributed by atoms with Gasteiger partial charge >= 0.3 is 0 Å². The summed E-state index contributed by atoms with van der Waals surface area (Å²) in [5, 5.41) is 29.0. The second-order valence-corrected chi connectivity index (χ2v) is 2.18. The molecule has 1 fully saturated rings. The van der Waals surface area contributed by atoms with Crippen LogP contribution in [0.15, 0.2) is 0 Å². The van der Waals surface area contributed by atoms with E-state index in [0.29, 0.717) is 0 Å². The molecule has 5 nitrogen and oxygen atoms in total. The third kappa shape index (κ3) is 1.65. The van der Waals surface area contributed by atoms with Gasteiger partial charge in [-0.15, -0.1) is 0 Å². The number of nitrogens with one attached hydrogen (secondary N) is 1. The fraction of sp³-hybridized carbons (Fsp3) is 1.00. The van der Waals surface area contributed by atoms with Crippen LogP contribution in [-0.2, 0) is 4.74 Å². The van der Waals surface area contributed by atoms with Crippen LogP contribution in [0.1, 0.15) is 0 Å². The topological polar surface area (TPSA) is 82.0 Å². The number of morpholine rings is 1. The zero-order chi connectivity index (χ0) is 7.56. The molecule has 10 heavy (non-hydrogen) atoms. The van der Waals surface area contributed by atoms with Gasteiger partial charge in [0.05, 0.1) is 12.6 Å². The van der Waals surface area contributed by atoms with Crippen molar-refractivity contribution in [2.75, 3.05) is 13.2 Å². The van der Waals surface area contributed by atoms with Crippen molar-refractivity contribution in [2.45, 2.75) is 18.6 Å². The molecule has 60 valence electrons. The standard InChI is InChI=1S/C5H11NO4/c7-2-3-5(9)10-4(8)1-6-3/h3-9H,1-2H2/t3?,4?,5-/m1/s1. The van der Waals surface area contributed by atoms with Crippen molar-refractivity contribution < 1.29 is 20.1 Å². The third-order valence-corrected chi connectivity index (χ3v) is 1.39. The monoisotopic (exact) mass is 149 g/mol. The average molecular weight is 149 g/mol. The molecule has 0 aromatic rings. The Labute approximate surface area is 58.2 Å². The molecule has 0 aromatic heterocycles. The fourth-order valence-electron chi connectivity index (χ4n) is 0.812. The molecule has 1 aliphatic heterocycles. The van der Waals surface area contributed by atoms with E-state index in [1.54, 1.807) is 0 Å². The van der Waals surface area contributed by atoms with Crippen LogP contribution in [0.5, 0.6) is 0 Å². The Bertz CT molecular complexity index is 110. The number of aliphatic hydroxyl groups excluding tert-OH is 3. The van der Waals surface area contributed by atoms with Gasteiger partial charge in [-0.25, -0.2) is 0 Å². The van der Waals surface area contributed by atoms with Gasteiger partial charge in [-0.1, -0.05) is 0 Å². The van der Waals surface area contributed by atoms with Crippen molar-refractivity contribution in [3.05, 3.63) is 0 Å². The highest BCUT2D eigenvalue weighted by Crippen LogP contribution is 2.04. The number of hydrogen-bond donors (Lipinski definition) is 4. The van der Waals surface area contributed by atoms with E-state index in [4.69, 9.17) is 15.3 Å². The van der Waals surface area contributed by atoms with Gasteiger partial charge in [0, 0.05) is 6.54 Å². The van der Waals surface area contributed by atoms with Crippen molar-refractivity contribution in [2.24, 2.45) is 0 Å². The largest absolute Gasteiger partial charge is 0.395 e. The molecule has 0 aromatic carbocycles. The molecule has 0 spiro atoms. The number of aliphatic hydroxyl groups is 3. The molecule has 0 radical (unpaired) electrons. The van der Waals surface area contributed by atoms with Crippen LogP contribution in [0, 0.1) is 0 Å². The van der Waals surface area contributed by atoms with Crippen LogP contribution in [0.25, 0.3) is 0 Å². The van der Waals surface area contributed by atoms with E-state index in [1.165, 1.54) is 0 Å². The number of hydrogen-bond acceptors (Lipinski definition) is 5. The summed E-state index contributed by atoms with van der Waals surface area (Å²) < 4.78 is 4.58. The van der Waals surface area contributed by atoms with Crippen LogP contribution >= 0.6 is 0 Å². The summed E-state index contributed by atoms with van der Waals surface area (Å²) in [4.78, 5) is 0. The maximum absolute atomic E-state index is 8.93. The zero-order valence-electron chi connectivity index (χ0n) is 5.40. The number of ether oxygens (including phenoxy) is 1. The lowest BCUT2D eigenvalue weighted by Gasteiger charge is -2.30. The lowest BCUT2D eigenvalue weighted by molar-refractivity contribution is -0.241. The molecule has 0 amide bonds. The van der Waals surface area contributed by atoms with E-state index >= 15 is 0 Å². The number of rotatable bonds is 1.